The van der Waals surface area contributed by atoms with Crippen LogP contribution in [-0.4, -0.2) is 27.2 Å². The number of aryl methyl sites for hydroxylation is 4. The van der Waals surface area contributed by atoms with Crippen molar-refractivity contribution in [1.29, 1.82) is 0 Å². The van der Waals surface area contributed by atoms with Gasteiger partial charge in [0.2, 0.25) is 0 Å². The van der Waals surface area contributed by atoms with Crippen molar-refractivity contribution < 1.29 is 18.4 Å². The number of allylic oxidation sites excluding steroid dienone is 1. The van der Waals surface area contributed by atoms with Gasteiger partial charge in [-0.2, -0.15) is 0 Å². The Bertz CT molecular complexity index is 2600. The van der Waals surface area contributed by atoms with Gasteiger partial charge in [-0.05, 0) is 88.5 Å². The molecule has 0 spiro atoms. The van der Waals surface area contributed by atoms with Gasteiger partial charge in [0.25, 0.3) is 0 Å². The van der Waals surface area contributed by atoms with E-state index >= 15 is 0 Å². The second-order valence-corrected chi connectivity index (χ2v) is 26.0. The molecule has 2 heterocycles. The van der Waals surface area contributed by atoms with Crippen molar-refractivity contribution >= 4 is 40.4 Å². The van der Waals surface area contributed by atoms with Gasteiger partial charge >= 0.3 is 120 Å². The standard InChI is InChI=1S/2C23H30N.C15H10.CH3NO2.2ClH.Ru/c2*1-6-18-12-11-13-19(7-2)21(18)24-17-23(5,16-22(24,3)4)20-14-9-8-10-15-20;1-2-6-12(7-3-1)15-11-10-13-8-4-5-9-14(13)15;1-2(3)4;;;/h2*8-15,17H,6-7,16H2,1-5H3;1-9,11H;1H3;2*1H;/q2*-1;;;;;+2/p-2. The van der Waals surface area contributed by atoms with Crippen LogP contribution in [0.2, 0.25) is 0 Å². The SMILES string of the molecule is CCc1cccc(CC)c1N1[CH-]C(C)(c2ccccc2)CC1(C)C.CCc1cccc(CC)c1N1[CH-]C(C)(c2ccccc2)CC1(C)C.C[N+](=O)[O-].[Cl][Ru]([Cl])=[C]1C=C(c2ccccc2)c2ccccc21. The molecule has 6 aromatic carbocycles. The zero-order valence-electron chi connectivity index (χ0n) is 43.2. The third kappa shape index (κ3) is 12.4. The Morgan fingerprint density at radius 3 is 1.20 bits per heavy atom. The van der Waals surface area contributed by atoms with Gasteiger partial charge in [-0.1, -0.05) is 150 Å². The van der Waals surface area contributed by atoms with Gasteiger partial charge in [0.15, 0.2) is 7.05 Å². The maximum atomic E-state index is 8.81. The summed E-state index contributed by atoms with van der Waals surface area (Å²) < 4.78 is 1.12. The fraction of sp³-hybridized carbons (Fsp3) is 0.339. The number of nitro groups is 1. The quantitative estimate of drug-likeness (QED) is 0.0627. The molecule has 0 radical (unpaired) electrons. The molecule has 0 bridgehead atoms. The Morgan fingerprint density at radius 2 is 0.857 bits per heavy atom. The molecule has 0 amide bonds. The summed E-state index contributed by atoms with van der Waals surface area (Å²) in [6, 6.07) is 54.1. The Balaban J connectivity index is 0.000000167. The van der Waals surface area contributed by atoms with E-state index in [2.05, 4.69) is 226 Å². The molecule has 2 atom stereocenters. The number of rotatable bonds is 9. The Kier molecular flexibility index (Phi) is 18.3. The third-order valence-corrected chi connectivity index (χ3v) is 17.1. The first-order valence-corrected chi connectivity index (χ1v) is 30.1. The Morgan fingerprint density at radius 1 is 0.529 bits per heavy atom. The third-order valence-electron chi connectivity index (χ3n) is 14.0. The molecule has 3 aliphatic rings. The first-order valence-electron chi connectivity index (χ1n) is 24.8. The normalized spacial score (nSPS) is 19.6. The van der Waals surface area contributed by atoms with Crippen LogP contribution >= 0.6 is 19.4 Å². The summed E-state index contributed by atoms with van der Waals surface area (Å²) >= 11 is -1.88. The molecular weight excluding hydrogens is 991 g/mol. The minimum absolute atomic E-state index is 0.0800. The fourth-order valence-corrected chi connectivity index (χ4v) is 13.4. The average Bonchev–Trinajstić information content (AvgIpc) is 3.96. The summed E-state index contributed by atoms with van der Waals surface area (Å²) in [5.41, 5.74) is 16.8. The van der Waals surface area contributed by atoms with Crippen molar-refractivity contribution in [3.8, 4) is 0 Å². The molecule has 70 heavy (non-hydrogen) atoms. The van der Waals surface area contributed by atoms with Gasteiger partial charge in [-0.3, -0.25) is 10.1 Å². The predicted octanol–water partition coefficient (Wildman–Crippen LogP) is 16.3. The summed E-state index contributed by atoms with van der Waals surface area (Å²) in [6.07, 6.45) is 8.71. The molecule has 372 valence electrons. The van der Waals surface area contributed by atoms with Crippen LogP contribution in [0.15, 0.2) is 158 Å². The van der Waals surface area contributed by atoms with Gasteiger partial charge in [0.1, 0.15) is 0 Å². The number of hydrogen-bond acceptors (Lipinski definition) is 4. The Labute approximate surface area is 433 Å². The van der Waals surface area contributed by atoms with Gasteiger partial charge in [0, 0.05) is 27.4 Å². The van der Waals surface area contributed by atoms with Crippen LogP contribution in [0.4, 0.5) is 11.4 Å². The van der Waals surface area contributed by atoms with Gasteiger partial charge in [-0.15, -0.1) is 10.8 Å². The van der Waals surface area contributed by atoms with E-state index in [4.69, 9.17) is 29.5 Å². The second-order valence-electron chi connectivity index (χ2n) is 20.2. The molecule has 0 N–H and O–H groups in total. The predicted molar refractivity (Wildman–Crippen MR) is 298 cm³/mol. The van der Waals surface area contributed by atoms with Crippen molar-refractivity contribution in [2.75, 3.05) is 16.8 Å². The van der Waals surface area contributed by atoms with Crippen LogP contribution in [0.1, 0.15) is 132 Å². The van der Waals surface area contributed by atoms with Crippen LogP contribution in [0, 0.1) is 23.2 Å². The molecule has 2 saturated heterocycles. The molecule has 8 heteroatoms. The van der Waals surface area contributed by atoms with Crippen molar-refractivity contribution in [2.24, 2.45) is 0 Å². The second kappa shape index (κ2) is 23.6. The number of halogens is 2. The molecule has 5 nitrogen and oxygen atoms in total. The van der Waals surface area contributed by atoms with Crippen molar-refractivity contribution in [3.63, 3.8) is 0 Å². The minimum atomic E-state index is -1.88. The van der Waals surface area contributed by atoms with E-state index in [0.717, 1.165) is 49.7 Å². The number of fused-ring (bicyclic) bond motifs is 1. The molecule has 1 aliphatic carbocycles. The van der Waals surface area contributed by atoms with E-state index < -0.39 is 18.4 Å². The topological polar surface area (TPSA) is 49.6 Å². The van der Waals surface area contributed by atoms with Gasteiger partial charge in [-0.25, -0.2) is 13.1 Å². The maximum absolute atomic E-state index is 8.81. The van der Waals surface area contributed by atoms with Crippen LogP contribution in [0.3, 0.4) is 0 Å². The molecule has 0 aromatic heterocycles. The average molecular weight is 1060 g/mol. The summed E-state index contributed by atoms with van der Waals surface area (Å²) in [6.45, 7) is 28.3. The molecule has 2 fully saturated rings. The molecule has 0 saturated carbocycles. The molecule has 2 aliphatic heterocycles. The van der Waals surface area contributed by atoms with Crippen molar-refractivity contribution in [2.45, 2.75) is 130 Å². The summed E-state index contributed by atoms with van der Waals surface area (Å²) in [5, 5.41) is 8.81. The van der Waals surface area contributed by atoms with E-state index in [1.807, 2.05) is 24.3 Å². The first-order chi connectivity index (χ1) is 33.3. The summed E-state index contributed by atoms with van der Waals surface area (Å²) in [7, 11) is 13.3. The van der Waals surface area contributed by atoms with Gasteiger partial charge in [0.05, 0.1) is 0 Å². The van der Waals surface area contributed by atoms with Crippen molar-refractivity contribution in [1.82, 2.24) is 0 Å². The zero-order valence-corrected chi connectivity index (χ0v) is 46.4. The molecule has 6 aromatic rings. The summed E-state index contributed by atoms with van der Waals surface area (Å²) in [4.78, 5) is 13.4. The van der Waals surface area contributed by atoms with E-state index in [0.29, 0.717) is 0 Å². The molecule has 2 unspecified atom stereocenters. The van der Waals surface area contributed by atoms with Crippen LogP contribution < -0.4 is 9.80 Å². The summed E-state index contributed by atoms with van der Waals surface area (Å²) in [5.74, 6) is 0. The number of hydrogen-bond donors (Lipinski definition) is 0. The monoisotopic (exact) mass is 1060 g/mol. The van der Waals surface area contributed by atoms with Crippen LogP contribution in [-0.2, 0) is 50.0 Å². The molecular formula is C62H73Cl2N3O2Ru-2. The van der Waals surface area contributed by atoms with Crippen LogP contribution in [0.25, 0.3) is 5.57 Å². The van der Waals surface area contributed by atoms with E-state index in [1.54, 1.807) is 0 Å². The van der Waals surface area contributed by atoms with E-state index in [1.165, 1.54) is 67.0 Å². The van der Waals surface area contributed by atoms with Crippen molar-refractivity contribution in [3.05, 3.63) is 231 Å². The van der Waals surface area contributed by atoms with Gasteiger partial charge < -0.3 is 9.80 Å². The number of anilines is 2. The first kappa shape index (κ1) is 54.5. The van der Waals surface area contributed by atoms with E-state index in [-0.39, 0.29) is 21.9 Å². The number of benzene rings is 6. The Hall–Kier alpha value is -4.87. The molecule has 9 rings (SSSR count). The number of para-hydroxylation sites is 2. The van der Waals surface area contributed by atoms with Crippen LogP contribution in [0.5, 0.6) is 0 Å². The number of nitrogens with zero attached hydrogens (tertiary/aromatic N) is 3. The zero-order chi connectivity index (χ0) is 50.9. The van der Waals surface area contributed by atoms with E-state index in [9.17, 15) is 0 Å². The fourth-order valence-electron chi connectivity index (χ4n) is 10.9.